The van der Waals surface area contributed by atoms with E-state index in [0.717, 1.165) is 12.0 Å². The molecule has 0 fully saturated rings. The summed E-state index contributed by atoms with van der Waals surface area (Å²) in [6.45, 7) is 5.64. The van der Waals surface area contributed by atoms with Gasteiger partial charge in [0.1, 0.15) is 0 Å². The van der Waals surface area contributed by atoms with Gasteiger partial charge in [-0.1, -0.05) is 25.1 Å². The number of hydrogen-bond donors (Lipinski definition) is 1. The van der Waals surface area contributed by atoms with Crippen LogP contribution in [0.2, 0.25) is 0 Å². The van der Waals surface area contributed by atoms with Gasteiger partial charge >= 0.3 is 5.97 Å². The van der Waals surface area contributed by atoms with Crippen molar-refractivity contribution in [3.05, 3.63) is 29.8 Å². The van der Waals surface area contributed by atoms with Gasteiger partial charge in [-0.15, -0.1) is 0 Å². The molecule has 1 atom stereocenters. The molecule has 1 rings (SSSR count). The molecule has 1 aromatic rings. The van der Waals surface area contributed by atoms with E-state index in [4.69, 9.17) is 14.2 Å². The third-order valence-electron chi connectivity index (χ3n) is 3.12. The Balaban J connectivity index is 2.56. The molecule has 0 radical (unpaired) electrons. The number of allylic oxidation sites excluding steroid dienone is 1. The molecule has 0 saturated carbocycles. The predicted octanol–water partition coefficient (Wildman–Crippen LogP) is 2.57. The summed E-state index contributed by atoms with van der Waals surface area (Å²) in [6.07, 6.45) is 3.81. The van der Waals surface area contributed by atoms with Crippen LogP contribution in [0, 0.1) is 0 Å². The van der Waals surface area contributed by atoms with Crippen molar-refractivity contribution in [3.63, 3.8) is 0 Å². The summed E-state index contributed by atoms with van der Waals surface area (Å²) >= 11 is 0. The maximum absolute atomic E-state index is 11.8. The summed E-state index contributed by atoms with van der Waals surface area (Å²) in [5.74, 6) is 0.0187. The quantitative estimate of drug-likeness (QED) is 0.702. The highest BCUT2D eigenvalue weighted by molar-refractivity contribution is 5.83. The van der Waals surface area contributed by atoms with Crippen molar-refractivity contribution in [2.45, 2.75) is 33.3 Å². The molecule has 1 aromatic carbocycles. The SMILES string of the molecule is C/C=C/c1ccc(OCC(=O)O[C@H](C)C(=O)NCCC)c(OC)c1. The van der Waals surface area contributed by atoms with Gasteiger partial charge in [0, 0.05) is 6.54 Å². The minimum atomic E-state index is -0.855. The van der Waals surface area contributed by atoms with E-state index in [2.05, 4.69) is 5.32 Å². The number of rotatable bonds is 9. The first-order valence-corrected chi connectivity index (χ1v) is 7.92. The number of esters is 1. The number of methoxy groups -OCH3 is 1. The average molecular weight is 335 g/mol. The molecule has 0 aromatic heterocycles. The fourth-order valence-electron chi connectivity index (χ4n) is 1.91. The summed E-state index contributed by atoms with van der Waals surface area (Å²) in [5, 5.41) is 2.66. The highest BCUT2D eigenvalue weighted by Gasteiger charge is 2.18. The van der Waals surface area contributed by atoms with E-state index in [0.29, 0.717) is 18.0 Å². The fraction of sp³-hybridized carbons (Fsp3) is 0.444. The molecule has 6 nitrogen and oxygen atoms in total. The lowest BCUT2D eigenvalue weighted by Gasteiger charge is -2.14. The van der Waals surface area contributed by atoms with E-state index in [1.165, 1.54) is 14.0 Å². The first kappa shape index (κ1) is 19.5. The van der Waals surface area contributed by atoms with E-state index < -0.39 is 12.1 Å². The van der Waals surface area contributed by atoms with Gasteiger partial charge in [0.15, 0.2) is 24.2 Å². The molecule has 24 heavy (non-hydrogen) atoms. The fourth-order valence-corrected chi connectivity index (χ4v) is 1.91. The molecule has 1 amide bonds. The van der Waals surface area contributed by atoms with E-state index in [9.17, 15) is 9.59 Å². The summed E-state index contributed by atoms with van der Waals surface area (Å²) in [5.41, 5.74) is 0.963. The molecule has 0 saturated heterocycles. The van der Waals surface area contributed by atoms with Gasteiger partial charge in [0.2, 0.25) is 0 Å². The van der Waals surface area contributed by atoms with Crippen molar-refractivity contribution >= 4 is 18.0 Å². The Morgan fingerprint density at radius 1 is 1.29 bits per heavy atom. The van der Waals surface area contributed by atoms with E-state index in [1.807, 2.05) is 38.1 Å². The largest absolute Gasteiger partial charge is 0.493 e. The van der Waals surface area contributed by atoms with Gasteiger partial charge in [-0.3, -0.25) is 4.79 Å². The number of hydrogen-bond acceptors (Lipinski definition) is 5. The number of ether oxygens (including phenoxy) is 3. The first-order chi connectivity index (χ1) is 11.5. The lowest BCUT2D eigenvalue weighted by molar-refractivity contribution is -0.156. The van der Waals surface area contributed by atoms with Crippen LogP contribution in [0.5, 0.6) is 11.5 Å². The van der Waals surface area contributed by atoms with Crippen LogP contribution in [-0.4, -0.2) is 38.2 Å². The van der Waals surface area contributed by atoms with Crippen molar-refractivity contribution in [2.24, 2.45) is 0 Å². The monoisotopic (exact) mass is 335 g/mol. The van der Waals surface area contributed by atoms with Crippen LogP contribution in [0.3, 0.4) is 0 Å². The number of nitrogens with one attached hydrogen (secondary N) is 1. The molecule has 6 heteroatoms. The second-order valence-electron chi connectivity index (χ2n) is 5.12. The molecular formula is C18H25NO5. The lowest BCUT2D eigenvalue weighted by atomic mass is 10.2. The molecule has 0 spiro atoms. The van der Waals surface area contributed by atoms with Crippen LogP contribution in [0.4, 0.5) is 0 Å². The third-order valence-corrected chi connectivity index (χ3v) is 3.12. The topological polar surface area (TPSA) is 73.9 Å². The van der Waals surface area contributed by atoms with Crippen molar-refractivity contribution < 1.29 is 23.8 Å². The molecule has 0 bridgehead atoms. The van der Waals surface area contributed by atoms with Crippen LogP contribution in [-0.2, 0) is 14.3 Å². The van der Waals surface area contributed by atoms with Crippen LogP contribution in [0.1, 0.15) is 32.8 Å². The normalized spacial score (nSPS) is 11.8. The van der Waals surface area contributed by atoms with Gasteiger partial charge in [-0.05, 0) is 38.0 Å². The Kier molecular flexibility index (Phi) is 8.39. The van der Waals surface area contributed by atoms with Gasteiger partial charge in [0.05, 0.1) is 7.11 Å². The highest BCUT2D eigenvalue weighted by atomic mass is 16.6. The molecule has 0 unspecified atom stereocenters. The zero-order valence-corrected chi connectivity index (χ0v) is 14.6. The zero-order valence-electron chi connectivity index (χ0n) is 14.6. The Morgan fingerprint density at radius 3 is 2.67 bits per heavy atom. The molecule has 0 aliphatic carbocycles. The Morgan fingerprint density at radius 2 is 2.04 bits per heavy atom. The zero-order chi connectivity index (χ0) is 17.9. The van der Waals surface area contributed by atoms with E-state index >= 15 is 0 Å². The summed E-state index contributed by atoms with van der Waals surface area (Å²) < 4.78 is 15.7. The average Bonchev–Trinajstić information content (AvgIpc) is 2.58. The maximum atomic E-state index is 11.8. The summed E-state index contributed by atoms with van der Waals surface area (Å²) in [7, 11) is 1.53. The minimum absolute atomic E-state index is 0.301. The number of benzene rings is 1. The molecule has 0 aliphatic rings. The third kappa shape index (κ3) is 6.32. The van der Waals surface area contributed by atoms with Crippen molar-refractivity contribution in [1.29, 1.82) is 0 Å². The second-order valence-corrected chi connectivity index (χ2v) is 5.12. The molecule has 1 N–H and O–H groups in total. The molecule has 0 heterocycles. The van der Waals surface area contributed by atoms with Crippen LogP contribution in [0.15, 0.2) is 24.3 Å². The van der Waals surface area contributed by atoms with Crippen LogP contribution < -0.4 is 14.8 Å². The van der Waals surface area contributed by atoms with Crippen LogP contribution in [0.25, 0.3) is 6.08 Å². The lowest BCUT2D eigenvalue weighted by Crippen LogP contribution is -2.37. The first-order valence-electron chi connectivity index (χ1n) is 7.92. The number of carbonyl (C=O) groups is 2. The van der Waals surface area contributed by atoms with E-state index in [1.54, 1.807) is 6.07 Å². The number of amides is 1. The number of carbonyl (C=O) groups excluding carboxylic acids is 2. The van der Waals surface area contributed by atoms with Gasteiger partial charge in [0.25, 0.3) is 5.91 Å². The second kappa shape index (κ2) is 10.3. The highest BCUT2D eigenvalue weighted by Crippen LogP contribution is 2.28. The van der Waals surface area contributed by atoms with Gasteiger partial charge in [-0.25, -0.2) is 4.79 Å². The van der Waals surface area contributed by atoms with Crippen LogP contribution >= 0.6 is 0 Å². The van der Waals surface area contributed by atoms with Crippen molar-refractivity contribution in [2.75, 3.05) is 20.3 Å². The Hall–Kier alpha value is -2.50. The smallest absolute Gasteiger partial charge is 0.344 e. The van der Waals surface area contributed by atoms with Gasteiger partial charge < -0.3 is 19.5 Å². The maximum Gasteiger partial charge on any atom is 0.344 e. The summed E-state index contributed by atoms with van der Waals surface area (Å²) in [4.78, 5) is 23.5. The Labute approximate surface area is 142 Å². The minimum Gasteiger partial charge on any atom is -0.493 e. The molecule has 132 valence electrons. The van der Waals surface area contributed by atoms with Crippen molar-refractivity contribution in [1.82, 2.24) is 5.32 Å². The van der Waals surface area contributed by atoms with E-state index in [-0.39, 0.29) is 12.5 Å². The van der Waals surface area contributed by atoms with Gasteiger partial charge in [-0.2, -0.15) is 0 Å². The standard InChI is InChI=1S/C18H25NO5/c1-5-7-14-8-9-15(16(11-14)22-4)23-12-17(20)24-13(3)18(21)19-10-6-2/h5,7-9,11,13H,6,10,12H2,1-4H3,(H,19,21)/b7-5+/t13-/m1/s1. The Bertz CT molecular complexity index is 583. The molecular weight excluding hydrogens is 310 g/mol. The predicted molar refractivity (Wildman–Crippen MR) is 92.1 cm³/mol. The summed E-state index contributed by atoms with van der Waals surface area (Å²) in [6, 6.07) is 5.38. The molecule has 0 aliphatic heterocycles. The van der Waals surface area contributed by atoms with Crippen molar-refractivity contribution in [3.8, 4) is 11.5 Å².